The first-order valence-corrected chi connectivity index (χ1v) is 2.97. The summed E-state index contributed by atoms with van der Waals surface area (Å²) >= 11 is 0. The van der Waals surface area contributed by atoms with E-state index in [1.165, 1.54) is 0 Å². The predicted octanol–water partition coefficient (Wildman–Crippen LogP) is 3.22. The Hall–Kier alpha value is -0.800. The minimum Gasteiger partial charge on any atom is -0.216 e. The number of hydrogen-bond donors (Lipinski definition) is 0. The average Bonchev–Trinajstić information content (AvgIpc) is 1.87. The Morgan fingerprint density at radius 1 is 1.36 bits per heavy atom. The lowest BCUT2D eigenvalue weighted by Gasteiger charge is -2.13. The third kappa shape index (κ3) is 3.80. The van der Waals surface area contributed by atoms with Crippen LogP contribution in [0.25, 0.3) is 0 Å². The van der Waals surface area contributed by atoms with Crippen molar-refractivity contribution in [3.8, 4) is 0 Å². The van der Waals surface area contributed by atoms with Crippen molar-refractivity contribution in [3.05, 3.63) is 25.1 Å². The molecule has 0 N–H and O–H groups in total. The average molecular weight is 168 g/mol. The van der Waals surface area contributed by atoms with Crippen LogP contribution in [0, 0.1) is 5.92 Å². The smallest absolute Gasteiger partial charge is 0.216 e. The van der Waals surface area contributed by atoms with E-state index in [2.05, 4.69) is 6.58 Å². The molecular weight excluding hydrogens is 160 g/mol. The fourth-order valence-corrected chi connectivity index (χ4v) is 0.562. The fourth-order valence-electron chi connectivity index (χ4n) is 0.562. The molecule has 4 heteroatoms. The second kappa shape index (κ2) is 4.16. The molecule has 0 nitrogen and oxygen atoms in total. The van der Waals surface area contributed by atoms with Gasteiger partial charge in [-0.05, 0) is 6.42 Å². The topological polar surface area (TPSA) is 0 Å². The SMILES string of the molecule is C=CC(C/C=C/F)C(F)(F)F. The van der Waals surface area contributed by atoms with Crippen LogP contribution >= 0.6 is 0 Å². The molecule has 0 bridgehead atoms. The van der Waals surface area contributed by atoms with Crippen LogP contribution in [0.3, 0.4) is 0 Å². The summed E-state index contributed by atoms with van der Waals surface area (Å²) in [5, 5.41) is 0. The van der Waals surface area contributed by atoms with Crippen molar-refractivity contribution in [2.75, 3.05) is 0 Å². The van der Waals surface area contributed by atoms with Crippen molar-refractivity contribution in [2.24, 2.45) is 5.92 Å². The summed E-state index contributed by atoms with van der Waals surface area (Å²) in [6.45, 7) is 3.00. The lowest BCUT2D eigenvalue weighted by atomic mass is 10.1. The molecule has 0 aliphatic heterocycles. The van der Waals surface area contributed by atoms with Gasteiger partial charge in [-0.2, -0.15) is 13.2 Å². The summed E-state index contributed by atoms with van der Waals surface area (Å²) in [6, 6.07) is 0. The monoisotopic (exact) mass is 168 g/mol. The molecule has 0 radical (unpaired) electrons. The van der Waals surface area contributed by atoms with Gasteiger partial charge in [0.2, 0.25) is 0 Å². The van der Waals surface area contributed by atoms with Gasteiger partial charge in [-0.15, -0.1) is 6.58 Å². The van der Waals surface area contributed by atoms with E-state index in [4.69, 9.17) is 0 Å². The number of halogens is 4. The molecule has 64 valence electrons. The molecule has 0 aromatic carbocycles. The van der Waals surface area contributed by atoms with Crippen molar-refractivity contribution < 1.29 is 17.6 Å². The van der Waals surface area contributed by atoms with Crippen LogP contribution in [0.4, 0.5) is 17.6 Å². The van der Waals surface area contributed by atoms with Gasteiger partial charge in [0.05, 0.1) is 12.2 Å². The summed E-state index contributed by atoms with van der Waals surface area (Å²) < 4.78 is 46.7. The second-order valence-electron chi connectivity index (χ2n) is 1.98. The summed E-state index contributed by atoms with van der Waals surface area (Å²) in [7, 11) is 0. The van der Waals surface area contributed by atoms with Crippen LogP contribution < -0.4 is 0 Å². The van der Waals surface area contributed by atoms with Gasteiger partial charge in [-0.3, -0.25) is 0 Å². The van der Waals surface area contributed by atoms with Crippen molar-refractivity contribution in [1.82, 2.24) is 0 Å². The standard InChI is InChI=1S/C7H8F4/c1-2-6(4-3-5-8)7(9,10)11/h2-3,5-6H,1,4H2/b5-3+. The van der Waals surface area contributed by atoms with Gasteiger partial charge in [-0.1, -0.05) is 12.2 Å². The van der Waals surface area contributed by atoms with Crippen LogP contribution in [-0.2, 0) is 0 Å². The Kier molecular flexibility index (Phi) is 3.85. The summed E-state index contributed by atoms with van der Waals surface area (Å²) in [6.07, 6.45) is -3.02. The minimum absolute atomic E-state index is 0.0994. The Morgan fingerprint density at radius 2 is 1.91 bits per heavy atom. The zero-order valence-electron chi connectivity index (χ0n) is 5.74. The lowest BCUT2D eigenvalue weighted by molar-refractivity contribution is -0.160. The maximum Gasteiger partial charge on any atom is 0.395 e. The first-order valence-electron chi connectivity index (χ1n) is 2.97. The summed E-state index contributed by atoms with van der Waals surface area (Å²) in [5.41, 5.74) is 0. The van der Waals surface area contributed by atoms with E-state index in [-0.39, 0.29) is 12.8 Å². The number of rotatable bonds is 3. The molecule has 1 atom stereocenters. The van der Waals surface area contributed by atoms with Crippen LogP contribution in [0.5, 0.6) is 0 Å². The highest BCUT2D eigenvalue weighted by Gasteiger charge is 2.36. The number of hydrogen-bond acceptors (Lipinski definition) is 0. The molecule has 0 amide bonds. The van der Waals surface area contributed by atoms with Crippen LogP contribution in [-0.4, -0.2) is 6.18 Å². The first kappa shape index (κ1) is 10.2. The third-order valence-corrected chi connectivity index (χ3v) is 1.18. The van der Waals surface area contributed by atoms with Gasteiger partial charge in [0.15, 0.2) is 0 Å². The Balaban J connectivity index is 4.06. The highest BCUT2D eigenvalue weighted by molar-refractivity contribution is 4.90. The molecule has 0 spiro atoms. The number of allylic oxidation sites excluding steroid dienone is 2. The van der Waals surface area contributed by atoms with Gasteiger partial charge in [0.25, 0.3) is 0 Å². The molecule has 0 heterocycles. The molecule has 0 aromatic rings. The van der Waals surface area contributed by atoms with Gasteiger partial charge in [-0.25, -0.2) is 4.39 Å². The van der Waals surface area contributed by atoms with Gasteiger partial charge < -0.3 is 0 Å². The van der Waals surface area contributed by atoms with E-state index in [0.29, 0.717) is 0 Å². The maximum absolute atomic E-state index is 11.8. The van der Waals surface area contributed by atoms with E-state index < -0.39 is 12.1 Å². The molecule has 11 heavy (non-hydrogen) atoms. The van der Waals surface area contributed by atoms with E-state index in [1.807, 2.05) is 0 Å². The molecular formula is C7H8F4. The molecule has 0 fully saturated rings. The van der Waals surface area contributed by atoms with Crippen LogP contribution in [0.15, 0.2) is 25.1 Å². The Morgan fingerprint density at radius 3 is 2.18 bits per heavy atom. The van der Waals surface area contributed by atoms with Crippen molar-refractivity contribution >= 4 is 0 Å². The van der Waals surface area contributed by atoms with Crippen LogP contribution in [0.1, 0.15) is 6.42 Å². The van der Waals surface area contributed by atoms with Crippen molar-refractivity contribution in [1.29, 1.82) is 0 Å². The Labute approximate surface area is 62.2 Å². The zero-order chi connectivity index (χ0) is 8.91. The fraction of sp³-hybridized carbons (Fsp3) is 0.429. The van der Waals surface area contributed by atoms with E-state index >= 15 is 0 Å². The normalized spacial score (nSPS) is 15.3. The quantitative estimate of drug-likeness (QED) is 0.448. The second-order valence-corrected chi connectivity index (χ2v) is 1.98. The van der Waals surface area contributed by atoms with Crippen molar-refractivity contribution in [3.63, 3.8) is 0 Å². The van der Waals surface area contributed by atoms with E-state index in [1.54, 1.807) is 0 Å². The zero-order valence-corrected chi connectivity index (χ0v) is 5.74. The molecule has 0 saturated carbocycles. The van der Waals surface area contributed by atoms with E-state index in [0.717, 1.165) is 12.2 Å². The maximum atomic E-state index is 11.8. The summed E-state index contributed by atoms with van der Waals surface area (Å²) in [4.78, 5) is 0. The van der Waals surface area contributed by atoms with Gasteiger partial charge in [0.1, 0.15) is 0 Å². The molecule has 0 aliphatic carbocycles. The lowest BCUT2D eigenvalue weighted by Crippen LogP contribution is -2.19. The third-order valence-electron chi connectivity index (χ3n) is 1.18. The predicted molar refractivity (Wildman–Crippen MR) is 34.6 cm³/mol. The Bertz CT molecular complexity index is 145. The highest BCUT2D eigenvalue weighted by atomic mass is 19.4. The van der Waals surface area contributed by atoms with E-state index in [9.17, 15) is 17.6 Å². The largest absolute Gasteiger partial charge is 0.395 e. The van der Waals surface area contributed by atoms with Crippen molar-refractivity contribution in [2.45, 2.75) is 12.6 Å². The number of alkyl halides is 3. The summed E-state index contributed by atoms with van der Waals surface area (Å²) in [5.74, 6) is -1.64. The molecule has 0 saturated heterocycles. The molecule has 1 unspecified atom stereocenters. The highest BCUT2D eigenvalue weighted by Crippen LogP contribution is 2.29. The van der Waals surface area contributed by atoms with Gasteiger partial charge >= 0.3 is 6.18 Å². The first-order chi connectivity index (χ1) is 5.02. The molecule has 0 rings (SSSR count). The van der Waals surface area contributed by atoms with Crippen LogP contribution in [0.2, 0.25) is 0 Å². The molecule has 0 aromatic heterocycles. The molecule has 0 aliphatic rings. The van der Waals surface area contributed by atoms with Gasteiger partial charge in [0, 0.05) is 0 Å². The minimum atomic E-state index is -4.32.